The van der Waals surface area contributed by atoms with Crippen LogP contribution >= 0.6 is 0 Å². The number of ether oxygens (including phenoxy) is 1. The SMILES string of the molecule is CC(C)C(=O)Nc1ccc(CNC(=O)c2cccc(NC(=O)C3Cc4ccccc4O3)c2)cc1. The minimum Gasteiger partial charge on any atom is -0.480 e. The number of fused-ring (bicyclic) bond motifs is 1. The summed E-state index contributed by atoms with van der Waals surface area (Å²) in [6.45, 7) is 4.00. The highest BCUT2D eigenvalue weighted by Gasteiger charge is 2.28. The Balaban J connectivity index is 1.31. The van der Waals surface area contributed by atoms with Gasteiger partial charge in [0.05, 0.1) is 0 Å². The summed E-state index contributed by atoms with van der Waals surface area (Å²) in [5.74, 6) is 0.0842. The van der Waals surface area contributed by atoms with Crippen molar-refractivity contribution in [1.29, 1.82) is 0 Å². The third kappa shape index (κ3) is 5.61. The fourth-order valence-electron chi connectivity index (χ4n) is 3.57. The van der Waals surface area contributed by atoms with Gasteiger partial charge in [-0.25, -0.2) is 0 Å². The predicted molar refractivity (Wildman–Crippen MR) is 131 cm³/mol. The van der Waals surface area contributed by atoms with Crippen LogP contribution in [0.25, 0.3) is 0 Å². The molecule has 0 spiro atoms. The highest BCUT2D eigenvalue weighted by atomic mass is 16.5. The van der Waals surface area contributed by atoms with Gasteiger partial charge < -0.3 is 20.7 Å². The summed E-state index contributed by atoms with van der Waals surface area (Å²) in [6.07, 6.45) is -0.0783. The predicted octanol–water partition coefficient (Wildman–Crippen LogP) is 4.15. The van der Waals surface area contributed by atoms with Crippen LogP contribution in [0.15, 0.2) is 72.8 Å². The van der Waals surface area contributed by atoms with Crippen LogP contribution in [0.4, 0.5) is 11.4 Å². The third-order valence-electron chi connectivity index (χ3n) is 5.53. The molecule has 0 aliphatic carbocycles. The van der Waals surface area contributed by atoms with Gasteiger partial charge in [-0.3, -0.25) is 14.4 Å². The molecule has 0 radical (unpaired) electrons. The van der Waals surface area contributed by atoms with Gasteiger partial charge in [0.15, 0.2) is 6.10 Å². The molecular formula is C27H27N3O4. The first kappa shape index (κ1) is 23.0. The maximum absolute atomic E-state index is 12.6. The summed E-state index contributed by atoms with van der Waals surface area (Å²) < 4.78 is 5.73. The van der Waals surface area contributed by atoms with E-state index in [2.05, 4.69) is 16.0 Å². The molecule has 0 fully saturated rings. The second-order valence-electron chi connectivity index (χ2n) is 8.51. The van der Waals surface area contributed by atoms with Crippen LogP contribution in [0.2, 0.25) is 0 Å². The molecule has 7 nitrogen and oxygen atoms in total. The maximum atomic E-state index is 12.6. The highest BCUT2D eigenvalue weighted by Crippen LogP contribution is 2.28. The van der Waals surface area contributed by atoms with E-state index in [0.29, 0.717) is 29.9 Å². The second-order valence-corrected chi connectivity index (χ2v) is 8.51. The zero-order valence-corrected chi connectivity index (χ0v) is 19.1. The van der Waals surface area contributed by atoms with Gasteiger partial charge in [0, 0.05) is 35.8 Å². The lowest BCUT2D eigenvalue weighted by Crippen LogP contribution is -2.31. The molecule has 1 atom stereocenters. The maximum Gasteiger partial charge on any atom is 0.265 e. The Morgan fingerprint density at radius 2 is 1.68 bits per heavy atom. The minimum absolute atomic E-state index is 0.0444. The molecule has 1 unspecified atom stereocenters. The number of carbonyl (C=O) groups excluding carboxylic acids is 3. The molecule has 3 N–H and O–H groups in total. The summed E-state index contributed by atoms with van der Waals surface area (Å²) in [5.41, 5.74) is 3.59. The van der Waals surface area contributed by atoms with Crippen molar-refractivity contribution in [2.45, 2.75) is 32.9 Å². The van der Waals surface area contributed by atoms with Crippen molar-refractivity contribution in [3.05, 3.63) is 89.5 Å². The van der Waals surface area contributed by atoms with E-state index in [0.717, 1.165) is 16.9 Å². The molecule has 0 saturated heterocycles. The summed E-state index contributed by atoms with van der Waals surface area (Å²) >= 11 is 0. The number of rotatable bonds is 7. The minimum atomic E-state index is -0.594. The van der Waals surface area contributed by atoms with Crippen molar-refractivity contribution in [3.8, 4) is 5.75 Å². The molecule has 3 aromatic rings. The zero-order chi connectivity index (χ0) is 24.1. The molecule has 4 rings (SSSR count). The van der Waals surface area contributed by atoms with Crippen molar-refractivity contribution >= 4 is 29.1 Å². The average molecular weight is 458 g/mol. The smallest absolute Gasteiger partial charge is 0.265 e. The number of anilines is 2. The van der Waals surface area contributed by atoms with Crippen LogP contribution in [0.5, 0.6) is 5.75 Å². The molecule has 0 aromatic heterocycles. The van der Waals surface area contributed by atoms with Crippen LogP contribution < -0.4 is 20.7 Å². The van der Waals surface area contributed by atoms with Crippen LogP contribution in [-0.4, -0.2) is 23.8 Å². The lowest BCUT2D eigenvalue weighted by molar-refractivity contribution is -0.122. The number of carbonyl (C=O) groups is 3. The topological polar surface area (TPSA) is 96.5 Å². The third-order valence-corrected chi connectivity index (χ3v) is 5.53. The van der Waals surface area contributed by atoms with Crippen LogP contribution in [0.3, 0.4) is 0 Å². The van der Waals surface area contributed by atoms with Crippen molar-refractivity contribution < 1.29 is 19.1 Å². The first-order valence-electron chi connectivity index (χ1n) is 11.2. The zero-order valence-electron chi connectivity index (χ0n) is 19.1. The average Bonchev–Trinajstić information content (AvgIpc) is 3.28. The number of hydrogen-bond acceptors (Lipinski definition) is 4. The summed E-state index contributed by atoms with van der Waals surface area (Å²) in [4.78, 5) is 37.1. The van der Waals surface area contributed by atoms with Crippen molar-refractivity contribution in [1.82, 2.24) is 5.32 Å². The summed E-state index contributed by atoms with van der Waals surface area (Å²) in [5, 5.41) is 8.55. The van der Waals surface area contributed by atoms with E-state index in [9.17, 15) is 14.4 Å². The van der Waals surface area contributed by atoms with E-state index in [-0.39, 0.29) is 23.6 Å². The molecule has 3 amide bonds. The highest BCUT2D eigenvalue weighted by molar-refractivity contribution is 5.98. The number of amides is 3. The monoisotopic (exact) mass is 457 g/mol. The van der Waals surface area contributed by atoms with Gasteiger partial charge in [0.25, 0.3) is 11.8 Å². The quantitative estimate of drug-likeness (QED) is 0.497. The Labute approximate surface area is 198 Å². The molecule has 0 bridgehead atoms. The molecule has 0 saturated carbocycles. The van der Waals surface area contributed by atoms with Crippen LogP contribution in [-0.2, 0) is 22.6 Å². The number of hydrogen-bond donors (Lipinski definition) is 3. The number of para-hydroxylation sites is 1. The normalized spacial score (nSPS) is 14.1. The fourth-order valence-corrected chi connectivity index (χ4v) is 3.57. The first-order valence-corrected chi connectivity index (χ1v) is 11.2. The summed E-state index contributed by atoms with van der Waals surface area (Å²) in [6, 6.07) is 21.7. The van der Waals surface area contributed by atoms with Crippen molar-refractivity contribution in [2.75, 3.05) is 10.6 Å². The number of nitrogens with one attached hydrogen (secondary N) is 3. The molecular weight excluding hydrogens is 430 g/mol. The molecule has 1 aliphatic heterocycles. The molecule has 34 heavy (non-hydrogen) atoms. The van der Waals surface area contributed by atoms with Gasteiger partial charge in [-0.1, -0.05) is 50.2 Å². The lowest BCUT2D eigenvalue weighted by atomic mass is 10.1. The molecule has 7 heteroatoms. The van der Waals surface area contributed by atoms with E-state index in [1.807, 2.05) is 50.2 Å². The second kappa shape index (κ2) is 10.2. The van der Waals surface area contributed by atoms with E-state index in [1.54, 1.807) is 36.4 Å². The molecule has 1 aliphatic rings. The first-order chi connectivity index (χ1) is 16.4. The summed E-state index contributed by atoms with van der Waals surface area (Å²) in [7, 11) is 0. The Hall–Kier alpha value is -4.13. The van der Waals surface area contributed by atoms with Crippen molar-refractivity contribution in [2.24, 2.45) is 5.92 Å². The van der Waals surface area contributed by atoms with Gasteiger partial charge >= 0.3 is 0 Å². The lowest BCUT2D eigenvalue weighted by Gasteiger charge is -2.12. The van der Waals surface area contributed by atoms with E-state index < -0.39 is 6.10 Å². The van der Waals surface area contributed by atoms with Gasteiger partial charge in [-0.05, 0) is 47.5 Å². The Morgan fingerprint density at radius 3 is 2.41 bits per heavy atom. The van der Waals surface area contributed by atoms with Gasteiger partial charge in [-0.2, -0.15) is 0 Å². The fraction of sp³-hybridized carbons (Fsp3) is 0.222. The van der Waals surface area contributed by atoms with Gasteiger partial charge in [-0.15, -0.1) is 0 Å². The molecule has 3 aromatic carbocycles. The Kier molecular flexibility index (Phi) is 6.92. The van der Waals surface area contributed by atoms with Crippen molar-refractivity contribution in [3.63, 3.8) is 0 Å². The van der Waals surface area contributed by atoms with E-state index in [1.165, 1.54) is 0 Å². The van der Waals surface area contributed by atoms with E-state index in [4.69, 9.17) is 4.74 Å². The van der Waals surface area contributed by atoms with Crippen LogP contribution in [0, 0.1) is 5.92 Å². The van der Waals surface area contributed by atoms with Gasteiger partial charge in [0.2, 0.25) is 5.91 Å². The molecule has 174 valence electrons. The van der Waals surface area contributed by atoms with E-state index >= 15 is 0 Å². The van der Waals surface area contributed by atoms with Crippen LogP contribution in [0.1, 0.15) is 35.3 Å². The Morgan fingerprint density at radius 1 is 0.912 bits per heavy atom. The molecule has 1 heterocycles. The number of benzene rings is 3. The standard InChI is InChI=1S/C27H27N3O4/c1-17(2)25(31)29-21-12-10-18(11-13-21)16-28-26(32)20-7-5-8-22(14-20)30-27(33)24-15-19-6-3-4-9-23(19)34-24/h3-14,17,24H,15-16H2,1-2H3,(H,28,32)(H,29,31)(H,30,33). The largest absolute Gasteiger partial charge is 0.480 e. The van der Waals surface area contributed by atoms with Gasteiger partial charge in [0.1, 0.15) is 5.75 Å². The Bertz CT molecular complexity index is 1180.